The van der Waals surface area contributed by atoms with Crippen LogP contribution < -0.4 is 5.32 Å². The molecule has 2 unspecified atom stereocenters. The lowest BCUT2D eigenvalue weighted by molar-refractivity contribution is 0.293. The number of halogens is 2. The van der Waals surface area contributed by atoms with E-state index in [0.717, 1.165) is 28.9 Å². The van der Waals surface area contributed by atoms with Crippen molar-refractivity contribution in [1.29, 1.82) is 0 Å². The summed E-state index contributed by atoms with van der Waals surface area (Å²) in [5, 5.41) is 3.54. The summed E-state index contributed by atoms with van der Waals surface area (Å²) in [6.45, 7) is 3.35. The van der Waals surface area contributed by atoms with Gasteiger partial charge in [0.15, 0.2) is 0 Å². The van der Waals surface area contributed by atoms with Crippen LogP contribution in [0.15, 0.2) is 22.7 Å². The first kappa shape index (κ1) is 13.0. The number of piperidine rings is 1. The van der Waals surface area contributed by atoms with Crippen molar-refractivity contribution in [3.63, 3.8) is 0 Å². The van der Waals surface area contributed by atoms with Crippen LogP contribution in [0.1, 0.15) is 31.7 Å². The van der Waals surface area contributed by atoms with Crippen molar-refractivity contribution in [3.05, 3.63) is 34.1 Å². The zero-order valence-corrected chi connectivity index (χ0v) is 11.8. The Hall–Kier alpha value is -0.410. The summed E-state index contributed by atoms with van der Waals surface area (Å²) in [5.41, 5.74) is 1.07. The Bertz CT molecular complexity index is 380. The van der Waals surface area contributed by atoms with Gasteiger partial charge in [-0.25, -0.2) is 4.39 Å². The Labute approximate surface area is 111 Å². The summed E-state index contributed by atoms with van der Waals surface area (Å²) in [6.07, 6.45) is 4.65. The molecule has 1 aromatic rings. The van der Waals surface area contributed by atoms with Crippen LogP contribution >= 0.6 is 15.9 Å². The molecule has 0 aliphatic carbocycles. The molecular formula is C14H19BrFN. The lowest BCUT2D eigenvalue weighted by atomic mass is 9.88. The summed E-state index contributed by atoms with van der Waals surface area (Å²) < 4.78 is 14.2. The minimum absolute atomic E-state index is 0.147. The van der Waals surface area contributed by atoms with Gasteiger partial charge in [-0.3, -0.25) is 0 Å². The van der Waals surface area contributed by atoms with Gasteiger partial charge in [0, 0.05) is 10.5 Å². The molecule has 0 radical (unpaired) electrons. The largest absolute Gasteiger partial charge is 0.314 e. The second kappa shape index (κ2) is 5.96. The van der Waals surface area contributed by atoms with Gasteiger partial charge in [-0.1, -0.05) is 29.3 Å². The van der Waals surface area contributed by atoms with Crippen molar-refractivity contribution in [2.75, 3.05) is 6.54 Å². The first-order valence-corrected chi connectivity index (χ1v) is 7.15. The molecule has 1 fully saturated rings. The van der Waals surface area contributed by atoms with Crippen LogP contribution in [0.2, 0.25) is 0 Å². The van der Waals surface area contributed by atoms with E-state index >= 15 is 0 Å². The highest BCUT2D eigenvalue weighted by Gasteiger charge is 2.21. The fraction of sp³-hybridized carbons (Fsp3) is 0.571. The van der Waals surface area contributed by atoms with Gasteiger partial charge in [-0.05, 0) is 55.5 Å². The molecule has 1 aromatic carbocycles. The van der Waals surface area contributed by atoms with E-state index in [1.54, 1.807) is 12.1 Å². The Morgan fingerprint density at radius 2 is 2.29 bits per heavy atom. The minimum atomic E-state index is -0.147. The second-order valence-electron chi connectivity index (χ2n) is 4.89. The molecule has 1 nitrogen and oxygen atoms in total. The van der Waals surface area contributed by atoms with E-state index in [-0.39, 0.29) is 5.82 Å². The van der Waals surface area contributed by atoms with Crippen molar-refractivity contribution in [3.8, 4) is 0 Å². The molecule has 2 rings (SSSR count). The standard InChI is InChI=1S/C14H19BrFN/c1-2-10-5-6-17-13(7-10)9-11-8-12(16)3-4-14(11)15/h3-4,8,10,13,17H,2,5-7,9H2,1H3. The first-order chi connectivity index (χ1) is 8.19. The van der Waals surface area contributed by atoms with Crippen molar-refractivity contribution >= 4 is 15.9 Å². The Balaban J connectivity index is 2.02. The minimum Gasteiger partial charge on any atom is -0.314 e. The van der Waals surface area contributed by atoms with Gasteiger partial charge < -0.3 is 5.32 Å². The summed E-state index contributed by atoms with van der Waals surface area (Å²) in [4.78, 5) is 0. The molecule has 0 bridgehead atoms. The number of hydrogen-bond acceptors (Lipinski definition) is 1. The van der Waals surface area contributed by atoms with Gasteiger partial charge in [0.05, 0.1) is 0 Å². The molecule has 0 aromatic heterocycles. The fourth-order valence-corrected chi connectivity index (χ4v) is 3.00. The highest BCUT2D eigenvalue weighted by Crippen LogP contribution is 2.25. The summed E-state index contributed by atoms with van der Waals surface area (Å²) in [7, 11) is 0. The molecule has 1 N–H and O–H groups in total. The summed E-state index contributed by atoms with van der Waals surface area (Å²) in [6, 6.07) is 5.43. The van der Waals surface area contributed by atoms with E-state index in [9.17, 15) is 4.39 Å². The molecule has 0 amide bonds. The number of nitrogens with one attached hydrogen (secondary N) is 1. The van der Waals surface area contributed by atoms with E-state index in [1.165, 1.54) is 25.3 Å². The third-order valence-corrected chi connectivity index (χ3v) is 4.43. The smallest absolute Gasteiger partial charge is 0.123 e. The monoisotopic (exact) mass is 299 g/mol. The van der Waals surface area contributed by atoms with E-state index in [2.05, 4.69) is 28.2 Å². The molecule has 1 heterocycles. The molecule has 94 valence electrons. The normalized spacial score (nSPS) is 24.9. The third kappa shape index (κ3) is 3.52. The van der Waals surface area contributed by atoms with Crippen LogP contribution in [0.25, 0.3) is 0 Å². The molecular weight excluding hydrogens is 281 g/mol. The third-order valence-electron chi connectivity index (χ3n) is 3.65. The average Bonchev–Trinajstić information content (AvgIpc) is 2.34. The van der Waals surface area contributed by atoms with Gasteiger partial charge in [0.25, 0.3) is 0 Å². The lowest BCUT2D eigenvalue weighted by Gasteiger charge is -2.30. The predicted octanol–water partition coefficient (Wildman–Crippen LogP) is 3.91. The van der Waals surface area contributed by atoms with E-state index < -0.39 is 0 Å². The van der Waals surface area contributed by atoms with E-state index in [4.69, 9.17) is 0 Å². The van der Waals surface area contributed by atoms with Gasteiger partial charge in [0.2, 0.25) is 0 Å². The summed E-state index contributed by atoms with van der Waals surface area (Å²) in [5.74, 6) is 0.680. The van der Waals surface area contributed by atoms with Gasteiger partial charge in [-0.2, -0.15) is 0 Å². The van der Waals surface area contributed by atoms with E-state index in [0.29, 0.717) is 6.04 Å². The maximum Gasteiger partial charge on any atom is 0.123 e. The number of hydrogen-bond donors (Lipinski definition) is 1. The van der Waals surface area contributed by atoms with Crippen molar-refractivity contribution < 1.29 is 4.39 Å². The Morgan fingerprint density at radius 3 is 3.06 bits per heavy atom. The first-order valence-electron chi connectivity index (χ1n) is 6.36. The predicted molar refractivity (Wildman–Crippen MR) is 72.6 cm³/mol. The highest BCUT2D eigenvalue weighted by atomic mass is 79.9. The van der Waals surface area contributed by atoms with Crippen molar-refractivity contribution in [1.82, 2.24) is 5.32 Å². The second-order valence-corrected chi connectivity index (χ2v) is 5.74. The zero-order valence-electron chi connectivity index (χ0n) is 10.2. The lowest BCUT2D eigenvalue weighted by Crippen LogP contribution is -2.39. The van der Waals surface area contributed by atoms with Crippen molar-refractivity contribution in [2.24, 2.45) is 5.92 Å². The van der Waals surface area contributed by atoms with Gasteiger partial charge >= 0.3 is 0 Å². The summed E-state index contributed by atoms with van der Waals surface area (Å²) >= 11 is 3.49. The highest BCUT2D eigenvalue weighted by molar-refractivity contribution is 9.10. The SMILES string of the molecule is CCC1CCNC(Cc2cc(F)ccc2Br)C1. The van der Waals surface area contributed by atoms with Crippen LogP contribution in [-0.2, 0) is 6.42 Å². The average molecular weight is 300 g/mol. The van der Waals surface area contributed by atoms with Crippen molar-refractivity contribution in [2.45, 2.75) is 38.6 Å². The molecule has 17 heavy (non-hydrogen) atoms. The number of benzene rings is 1. The molecule has 2 atom stereocenters. The quantitative estimate of drug-likeness (QED) is 0.892. The Morgan fingerprint density at radius 1 is 1.47 bits per heavy atom. The molecule has 0 spiro atoms. The van der Waals surface area contributed by atoms with Crippen LogP contribution in [0, 0.1) is 11.7 Å². The van der Waals surface area contributed by atoms with E-state index in [1.807, 2.05) is 0 Å². The molecule has 0 saturated carbocycles. The fourth-order valence-electron chi connectivity index (χ4n) is 2.59. The Kier molecular flexibility index (Phi) is 4.57. The topological polar surface area (TPSA) is 12.0 Å². The zero-order chi connectivity index (χ0) is 12.3. The molecule has 3 heteroatoms. The van der Waals surface area contributed by atoms with Gasteiger partial charge in [0.1, 0.15) is 5.82 Å². The van der Waals surface area contributed by atoms with Crippen LogP contribution in [0.3, 0.4) is 0 Å². The maximum atomic E-state index is 13.2. The van der Waals surface area contributed by atoms with Crippen LogP contribution in [-0.4, -0.2) is 12.6 Å². The maximum absolute atomic E-state index is 13.2. The molecule has 1 saturated heterocycles. The van der Waals surface area contributed by atoms with Crippen LogP contribution in [0.5, 0.6) is 0 Å². The number of rotatable bonds is 3. The van der Waals surface area contributed by atoms with Crippen LogP contribution in [0.4, 0.5) is 4.39 Å². The molecule has 1 aliphatic rings. The molecule has 1 aliphatic heterocycles. The van der Waals surface area contributed by atoms with Gasteiger partial charge in [-0.15, -0.1) is 0 Å².